The van der Waals surface area contributed by atoms with Crippen LogP contribution in [0.4, 0.5) is 0 Å². The van der Waals surface area contributed by atoms with Gasteiger partial charge in [-0.2, -0.15) is 0 Å². The molecule has 3 nitrogen and oxygen atoms in total. The van der Waals surface area contributed by atoms with Crippen LogP contribution in [-0.2, 0) is 0 Å². The number of fused-ring (bicyclic) bond motifs is 1. The molecule has 90 valence electrons. The Morgan fingerprint density at radius 3 is 2.83 bits per heavy atom. The molecule has 0 amide bonds. The van der Waals surface area contributed by atoms with Gasteiger partial charge in [-0.3, -0.25) is 10.8 Å². The standard InChI is InChI=1S/C14H13N3S/c15-17-13(12-6-1-2-8-16-12)11-5-3-4-10-7-9-18-14(10)11/h1-9,13,17H,15H2. The Hall–Kier alpha value is -1.75. The van der Waals surface area contributed by atoms with Crippen LogP contribution in [0.1, 0.15) is 17.3 Å². The molecule has 0 aliphatic heterocycles. The predicted molar refractivity (Wildman–Crippen MR) is 75.2 cm³/mol. The quantitative estimate of drug-likeness (QED) is 0.559. The molecule has 0 fully saturated rings. The maximum Gasteiger partial charge on any atom is 0.0895 e. The first-order valence-corrected chi connectivity index (χ1v) is 6.61. The molecular weight excluding hydrogens is 242 g/mol. The van der Waals surface area contributed by atoms with Gasteiger partial charge in [0.1, 0.15) is 0 Å². The number of hydrazine groups is 1. The van der Waals surface area contributed by atoms with Crippen LogP contribution in [0, 0.1) is 0 Å². The van der Waals surface area contributed by atoms with E-state index < -0.39 is 0 Å². The van der Waals surface area contributed by atoms with Crippen molar-refractivity contribution < 1.29 is 0 Å². The van der Waals surface area contributed by atoms with E-state index >= 15 is 0 Å². The molecule has 3 rings (SSSR count). The lowest BCUT2D eigenvalue weighted by molar-refractivity contribution is 0.625. The van der Waals surface area contributed by atoms with E-state index in [9.17, 15) is 0 Å². The molecule has 0 spiro atoms. The van der Waals surface area contributed by atoms with Crippen LogP contribution in [0.15, 0.2) is 54.0 Å². The lowest BCUT2D eigenvalue weighted by atomic mass is 10.0. The summed E-state index contributed by atoms with van der Waals surface area (Å²) in [5, 5.41) is 3.34. The topological polar surface area (TPSA) is 50.9 Å². The molecule has 4 heteroatoms. The molecule has 0 aliphatic rings. The van der Waals surface area contributed by atoms with Crippen molar-refractivity contribution in [1.82, 2.24) is 10.4 Å². The smallest absolute Gasteiger partial charge is 0.0895 e. The Bertz CT molecular complexity index is 648. The van der Waals surface area contributed by atoms with Crippen LogP contribution in [0.5, 0.6) is 0 Å². The van der Waals surface area contributed by atoms with Gasteiger partial charge in [0, 0.05) is 10.9 Å². The van der Waals surface area contributed by atoms with E-state index in [1.807, 2.05) is 18.2 Å². The van der Waals surface area contributed by atoms with Crippen LogP contribution in [0.25, 0.3) is 10.1 Å². The van der Waals surface area contributed by atoms with Crippen LogP contribution in [-0.4, -0.2) is 4.98 Å². The second-order valence-corrected chi connectivity index (χ2v) is 4.96. The second-order valence-electron chi connectivity index (χ2n) is 4.04. The summed E-state index contributed by atoms with van der Waals surface area (Å²) in [6.07, 6.45) is 1.79. The van der Waals surface area contributed by atoms with Gasteiger partial charge in [0.2, 0.25) is 0 Å². The van der Waals surface area contributed by atoms with Crippen molar-refractivity contribution in [3.8, 4) is 0 Å². The molecule has 0 saturated heterocycles. The highest BCUT2D eigenvalue weighted by Gasteiger charge is 2.16. The van der Waals surface area contributed by atoms with Gasteiger partial charge < -0.3 is 0 Å². The summed E-state index contributed by atoms with van der Waals surface area (Å²) in [6.45, 7) is 0. The van der Waals surface area contributed by atoms with E-state index in [0.29, 0.717) is 0 Å². The van der Waals surface area contributed by atoms with Crippen molar-refractivity contribution in [2.24, 2.45) is 5.84 Å². The maximum absolute atomic E-state index is 5.71. The Morgan fingerprint density at radius 2 is 2.06 bits per heavy atom. The van der Waals surface area contributed by atoms with Gasteiger partial charge in [0.05, 0.1) is 11.7 Å². The van der Waals surface area contributed by atoms with Gasteiger partial charge in [-0.25, -0.2) is 5.43 Å². The Kier molecular flexibility index (Phi) is 3.06. The Morgan fingerprint density at radius 1 is 1.11 bits per heavy atom. The van der Waals surface area contributed by atoms with E-state index in [1.165, 1.54) is 15.6 Å². The zero-order valence-electron chi connectivity index (χ0n) is 9.71. The van der Waals surface area contributed by atoms with E-state index in [1.54, 1.807) is 17.5 Å². The summed E-state index contributed by atoms with van der Waals surface area (Å²) in [4.78, 5) is 4.38. The average Bonchev–Trinajstić information content (AvgIpc) is 2.90. The number of pyridine rings is 1. The number of nitrogens with zero attached hydrogens (tertiary/aromatic N) is 1. The number of rotatable bonds is 3. The van der Waals surface area contributed by atoms with Crippen molar-refractivity contribution >= 4 is 21.4 Å². The largest absolute Gasteiger partial charge is 0.271 e. The molecule has 3 N–H and O–H groups in total. The number of hydrogen-bond acceptors (Lipinski definition) is 4. The first kappa shape index (κ1) is 11.3. The number of thiophene rings is 1. The third-order valence-electron chi connectivity index (χ3n) is 2.97. The highest BCUT2D eigenvalue weighted by atomic mass is 32.1. The highest BCUT2D eigenvalue weighted by Crippen LogP contribution is 2.31. The molecule has 0 saturated carbocycles. The fraction of sp³-hybridized carbons (Fsp3) is 0.0714. The van der Waals surface area contributed by atoms with Crippen LogP contribution < -0.4 is 11.3 Å². The molecule has 2 heterocycles. The first-order chi connectivity index (χ1) is 8.90. The van der Waals surface area contributed by atoms with E-state index in [2.05, 4.69) is 40.1 Å². The molecule has 0 radical (unpaired) electrons. The fourth-order valence-electron chi connectivity index (χ4n) is 2.12. The minimum atomic E-state index is -0.0754. The Labute approximate surface area is 109 Å². The minimum Gasteiger partial charge on any atom is -0.271 e. The van der Waals surface area contributed by atoms with E-state index in [4.69, 9.17) is 5.84 Å². The van der Waals surface area contributed by atoms with Crippen molar-refractivity contribution in [1.29, 1.82) is 0 Å². The molecule has 18 heavy (non-hydrogen) atoms. The minimum absolute atomic E-state index is 0.0754. The zero-order chi connectivity index (χ0) is 12.4. The van der Waals surface area contributed by atoms with Crippen molar-refractivity contribution in [2.75, 3.05) is 0 Å². The third-order valence-corrected chi connectivity index (χ3v) is 3.95. The number of nitrogens with one attached hydrogen (secondary N) is 1. The molecule has 1 atom stereocenters. The summed E-state index contributed by atoms with van der Waals surface area (Å²) in [5.74, 6) is 5.71. The summed E-state index contributed by atoms with van der Waals surface area (Å²) < 4.78 is 1.26. The molecule has 0 aliphatic carbocycles. The Balaban J connectivity index is 2.15. The second kappa shape index (κ2) is 4.86. The van der Waals surface area contributed by atoms with E-state index in [-0.39, 0.29) is 6.04 Å². The van der Waals surface area contributed by atoms with Crippen LogP contribution in [0.3, 0.4) is 0 Å². The summed E-state index contributed by atoms with van der Waals surface area (Å²) in [6, 6.07) is 14.2. The van der Waals surface area contributed by atoms with Crippen LogP contribution in [0.2, 0.25) is 0 Å². The third kappa shape index (κ3) is 1.90. The number of nitrogens with two attached hydrogens (primary N) is 1. The SMILES string of the molecule is NNC(c1ccccn1)c1cccc2ccsc12. The average molecular weight is 255 g/mol. The summed E-state index contributed by atoms with van der Waals surface area (Å²) in [7, 11) is 0. The first-order valence-electron chi connectivity index (χ1n) is 5.73. The predicted octanol–water partition coefficient (Wildman–Crippen LogP) is 2.85. The monoisotopic (exact) mass is 255 g/mol. The molecule has 2 aromatic heterocycles. The molecule has 1 unspecified atom stereocenters. The van der Waals surface area contributed by atoms with Gasteiger partial charge >= 0.3 is 0 Å². The number of hydrogen-bond donors (Lipinski definition) is 2. The van der Waals surface area contributed by atoms with Gasteiger partial charge in [0.15, 0.2) is 0 Å². The lowest BCUT2D eigenvalue weighted by Gasteiger charge is -2.16. The summed E-state index contributed by atoms with van der Waals surface area (Å²) in [5.41, 5.74) is 4.96. The normalized spacial score (nSPS) is 12.7. The molecule has 3 aromatic rings. The van der Waals surface area contributed by atoms with Gasteiger partial charge in [-0.05, 0) is 34.5 Å². The van der Waals surface area contributed by atoms with Crippen LogP contribution >= 0.6 is 11.3 Å². The molecular formula is C14H13N3S. The maximum atomic E-state index is 5.71. The van der Waals surface area contributed by atoms with E-state index in [0.717, 1.165) is 5.69 Å². The number of aromatic nitrogens is 1. The lowest BCUT2D eigenvalue weighted by Crippen LogP contribution is -2.29. The molecule has 0 bridgehead atoms. The zero-order valence-corrected chi connectivity index (χ0v) is 10.5. The van der Waals surface area contributed by atoms with Crippen molar-refractivity contribution in [2.45, 2.75) is 6.04 Å². The molecule has 1 aromatic carbocycles. The van der Waals surface area contributed by atoms with Crippen molar-refractivity contribution in [3.05, 3.63) is 65.3 Å². The van der Waals surface area contributed by atoms with Crippen molar-refractivity contribution in [3.63, 3.8) is 0 Å². The summed E-state index contributed by atoms with van der Waals surface area (Å²) >= 11 is 1.73. The van der Waals surface area contributed by atoms with Gasteiger partial charge in [-0.1, -0.05) is 24.3 Å². The van der Waals surface area contributed by atoms with Gasteiger partial charge in [0.25, 0.3) is 0 Å². The highest BCUT2D eigenvalue weighted by molar-refractivity contribution is 7.17. The van der Waals surface area contributed by atoms with Gasteiger partial charge in [-0.15, -0.1) is 11.3 Å². The fourth-order valence-corrected chi connectivity index (χ4v) is 3.07. The number of benzene rings is 1.